The molecule has 0 spiro atoms. The Kier molecular flexibility index (Phi) is 4.33. The summed E-state index contributed by atoms with van der Waals surface area (Å²) >= 11 is 6.24. The Morgan fingerprint density at radius 2 is 2.06 bits per heavy atom. The van der Waals surface area contributed by atoms with Crippen LogP contribution in [0.25, 0.3) is 0 Å². The monoisotopic (exact) mass is 251 g/mol. The second kappa shape index (κ2) is 5.77. The lowest BCUT2D eigenvalue weighted by molar-refractivity contribution is 0.317. The van der Waals surface area contributed by atoms with Crippen molar-refractivity contribution in [1.29, 1.82) is 0 Å². The van der Waals surface area contributed by atoms with Crippen molar-refractivity contribution in [3.8, 4) is 0 Å². The summed E-state index contributed by atoms with van der Waals surface area (Å²) < 4.78 is 0. The smallest absolute Gasteiger partial charge is 0.0637 e. The Morgan fingerprint density at radius 3 is 2.82 bits per heavy atom. The van der Waals surface area contributed by atoms with Gasteiger partial charge in [-0.15, -0.1) is 0 Å². The molecule has 0 aliphatic heterocycles. The lowest BCUT2D eigenvalue weighted by atomic mass is 9.83. The first kappa shape index (κ1) is 12.8. The Bertz CT molecular complexity index is 375. The third-order valence-corrected chi connectivity index (χ3v) is 4.23. The molecule has 0 aromatic heterocycles. The van der Waals surface area contributed by atoms with Gasteiger partial charge in [-0.1, -0.05) is 43.9 Å². The van der Waals surface area contributed by atoms with Crippen molar-refractivity contribution in [2.24, 2.45) is 5.92 Å². The van der Waals surface area contributed by atoms with Crippen molar-refractivity contribution in [2.45, 2.75) is 52.0 Å². The summed E-state index contributed by atoms with van der Waals surface area (Å²) in [7, 11) is 0. The molecule has 1 aliphatic carbocycles. The molecule has 1 fully saturated rings. The number of aryl methyl sites for hydroxylation is 1. The number of rotatable bonds is 3. The fourth-order valence-corrected chi connectivity index (χ4v) is 3.01. The van der Waals surface area contributed by atoms with Gasteiger partial charge in [0.05, 0.1) is 10.7 Å². The van der Waals surface area contributed by atoms with E-state index in [2.05, 4.69) is 31.3 Å². The average molecular weight is 252 g/mol. The average Bonchev–Trinajstić information content (AvgIpc) is 2.34. The predicted molar refractivity (Wildman–Crippen MR) is 75.8 cm³/mol. The van der Waals surface area contributed by atoms with E-state index in [0.717, 1.165) is 16.6 Å². The maximum atomic E-state index is 6.24. The van der Waals surface area contributed by atoms with Gasteiger partial charge >= 0.3 is 0 Å². The summed E-state index contributed by atoms with van der Waals surface area (Å²) in [5, 5.41) is 4.50. The Hall–Kier alpha value is -0.690. The number of benzene rings is 1. The van der Waals surface area contributed by atoms with E-state index in [9.17, 15) is 0 Å². The van der Waals surface area contributed by atoms with Crippen LogP contribution in [0.3, 0.4) is 0 Å². The van der Waals surface area contributed by atoms with Crippen LogP contribution in [-0.4, -0.2) is 6.04 Å². The third-order valence-electron chi connectivity index (χ3n) is 3.90. The standard InChI is InChI=1S/C15H22ClN/c1-3-12-6-4-5-7-14(12)17-15-10-11(2)8-9-13(15)16/h8-10,12,14,17H,3-7H2,1-2H3. The van der Waals surface area contributed by atoms with Crippen LogP contribution in [0.1, 0.15) is 44.6 Å². The third kappa shape index (κ3) is 3.16. The zero-order valence-corrected chi connectivity index (χ0v) is 11.6. The van der Waals surface area contributed by atoms with Crippen LogP contribution in [0.2, 0.25) is 5.02 Å². The molecule has 1 saturated carbocycles. The summed E-state index contributed by atoms with van der Waals surface area (Å²) in [4.78, 5) is 0. The van der Waals surface area contributed by atoms with Crippen molar-refractivity contribution in [2.75, 3.05) is 5.32 Å². The molecule has 94 valence electrons. The van der Waals surface area contributed by atoms with E-state index in [1.807, 2.05) is 6.07 Å². The van der Waals surface area contributed by atoms with Gasteiger partial charge in [-0.3, -0.25) is 0 Å². The van der Waals surface area contributed by atoms with Crippen LogP contribution < -0.4 is 5.32 Å². The molecule has 1 aromatic rings. The van der Waals surface area contributed by atoms with Crippen LogP contribution in [0.4, 0.5) is 5.69 Å². The molecule has 2 heteroatoms. The minimum Gasteiger partial charge on any atom is -0.381 e. The van der Waals surface area contributed by atoms with Crippen molar-refractivity contribution in [3.63, 3.8) is 0 Å². The van der Waals surface area contributed by atoms with Gasteiger partial charge < -0.3 is 5.32 Å². The summed E-state index contributed by atoms with van der Waals surface area (Å²) in [6.45, 7) is 4.40. The zero-order valence-electron chi connectivity index (χ0n) is 10.8. The fourth-order valence-electron chi connectivity index (χ4n) is 2.84. The highest BCUT2D eigenvalue weighted by Gasteiger charge is 2.23. The molecular formula is C15H22ClN. The summed E-state index contributed by atoms with van der Waals surface area (Å²) in [5.41, 5.74) is 2.37. The minimum absolute atomic E-state index is 0.605. The highest BCUT2D eigenvalue weighted by Crippen LogP contribution is 2.31. The Morgan fingerprint density at radius 1 is 1.29 bits per heavy atom. The fraction of sp³-hybridized carbons (Fsp3) is 0.600. The van der Waals surface area contributed by atoms with E-state index in [-0.39, 0.29) is 0 Å². The zero-order chi connectivity index (χ0) is 12.3. The van der Waals surface area contributed by atoms with Crippen molar-refractivity contribution < 1.29 is 0 Å². The number of anilines is 1. The number of nitrogens with one attached hydrogen (secondary N) is 1. The van der Waals surface area contributed by atoms with Crippen LogP contribution in [-0.2, 0) is 0 Å². The van der Waals surface area contributed by atoms with Gasteiger partial charge in [0.2, 0.25) is 0 Å². The van der Waals surface area contributed by atoms with Gasteiger partial charge in [0.15, 0.2) is 0 Å². The minimum atomic E-state index is 0.605. The van der Waals surface area contributed by atoms with Gasteiger partial charge in [0.25, 0.3) is 0 Å². The van der Waals surface area contributed by atoms with E-state index in [0.29, 0.717) is 6.04 Å². The van der Waals surface area contributed by atoms with E-state index >= 15 is 0 Å². The van der Waals surface area contributed by atoms with E-state index in [1.54, 1.807) is 0 Å². The Labute approximate surface area is 110 Å². The quantitative estimate of drug-likeness (QED) is 0.795. The van der Waals surface area contributed by atoms with Gasteiger partial charge in [0.1, 0.15) is 0 Å². The van der Waals surface area contributed by atoms with E-state index in [1.165, 1.54) is 37.7 Å². The topological polar surface area (TPSA) is 12.0 Å². The molecule has 1 aromatic carbocycles. The molecule has 1 aliphatic rings. The molecule has 0 bridgehead atoms. The van der Waals surface area contributed by atoms with Crippen LogP contribution in [0, 0.1) is 12.8 Å². The lowest BCUT2D eigenvalue weighted by Crippen LogP contribution is -2.31. The number of hydrogen-bond acceptors (Lipinski definition) is 1. The lowest BCUT2D eigenvalue weighted by Gasteiger charge is -2.32. The molecule has 0 saturated heterocycles. The van der Waals surface area contributed by atoms with Crippen LogP contribution in [0.15, 0.2) is 18.2 Å². The highest BCUT2D eigenvalue weighted by atomic mass is 35.5. The second-order valence-electron chi connectivity index (χ2n) is 5.19. The van der Waals surface area contributed by atoms with Gasteiger partial charge in [-0.25, -0.2) is 0 Å². The predicted octanol–water partition coefficient (Wildman–Crippen LogP) is 5.03. The van der Waals surface area contributed by atoms with E-state index in [4.69, 9.17) is 11.6 Å². The molecule has 2 atom stereocenters. The first-order valence-corrected chi connectivity index (χ1v) is 7.11. The maximum absolute atomic E-state index is 6.24. The highest BCUT2D eigenvalue weighted by molar-refractivity contribution is 6.33. The van der Waals surface area contributed by atoms with Gasteiger partial charge in [-0.05, 0) is 43.4 Å². The van der Waals surface area contributed by atoms with Crippen LogP contribution in [0.5, 0.6) is 0 Å². The molecule has 2 rings (SSSR count). The first-order valence-electron chi connectivity index (χ1n) is 6.73. The molecule has 17 heavy (non-hydrogen) atoms. The maximum Gasteiger partial charge on any atom is 0.0637 e. The van der Waals surface area contributed by atoms with E-state index < -0.39 is 0 Å². The normalized spacial score (nSPS) is 24.6. The summed E-state index contributed by atoms with van der Waals surface area (Å²) in [6.07, 6.45) is 6.64. The number of hydrogen-bond donors (Lipinski definition) is 1. The summed E-state index contributed by atoms with van der Waals surface area (Å²) in [5.74, 6) is 0.806. The van der Waals surface area contributed by atoms with Crippen molar-refractivity contribution >= 4 is 17.3 Å². The van der Waals surface area contributed by atoms with Gasteiger partial charge in [-0.2, -0.15) is 0 Å². The molecule has 2 unspecified atom stereocenters. The van der Waals surface area contributed by atoms with Crippen LogP contribution >= 0.6 is 11.6 Å². The van der Waals surface area contributed by atoms with Crippen molar-refractivity contribution in [3.05, 3.63) is 28.8 Å². The Balaban J connectivity index is 2.10. The summed E-state index contributed by atoms with van der Waals surface area (Å²) in [6, 6.07) is 6.81. The molecule has 1 N–H and O–H groups in total. The largest absolute Gasteiger partial charge is 0.381 e. The SMILES string of the molecule is CCC1CCCCC1Nc1cc(C)ccc1Cl. The molecule has 0 radical (unpaired) electrons. The molecule has 0 amide bonds. The molecule has 1 nitrogen and oxygen atoms in total. The molecule has 0 heterocycles. The van der Waals surface area contributed by atoms with Crippen molar-refractivity contribution in [1.82, 2.24) is 0 Å². The molecular weight excluding hydrogens is 230 g/mol. The first-order chi connectivity index (χ1) is 8.20. The number of halogens is 1. The van der Waals surface area contributed by atoms with Gasteiger partial charge in [0, 0.05) is 6.04 Å². The second-order valence-corrected chi connectivity index (χ2v) is 5.59.